The quantitative estimate of drug-likeness (QED) is 0.887. The number of nitrogens with zero attached hydrogens (tertiary/aromatic N) is 1. The fourth-order valence-electron chi connectivity index (χ4n) is 1.17. The van der Waals surface area contributed by atoms with E-state index in [9.17, 15) is 4.79 Å². The van der Waals surface area contributed by atoms with Crippen LogP contribution in [0.15, 0.2) is 16.7 Å². The third kappa shape index (κ3) is 2.59. The van der Waals surface area contributed by atoms with Gasteiger partial charge in [-0.1, -0.05) is 13.3 Å². The third-order valence-corrected chi connectivity index (χ3v) is 2.27. The fourth-order valence-corrected chi connectivity index (χ4v) is 1.63. The second-order valence-electron chi connectivity index (χ2n) is 2.90. The molecule has 13 heavy (non-hydrogen) atoms. The summed E-state index contributed by atoms with van der Waals surface area (Å²) in [6.45, 7) is 2.85. The minimum absolute atomic E-state index is 0.348. The second kappa shape index (κ2) is 4.46. The van der Waals surface area contributed by atoms with Crippen LogP contribution in [0.3, 0.4) is 0 Å². The van der Waals surface area contributed by atoms with Gasteiger partial charge in [0.2, 0.25) is 0 Å². The Kier molecular flexibility index (Phi) is 3.54. The summed E-state index contributed by atoms with van der Waals surface area (Å²) >= 11 is 3.26. The molecular weight excluding hydrogens is 234 g/mol. The predicted molar refractivity (Wildman–Crippen MR) is 54.0 cm³/mol. The summed E-state index contributed by atoms with van der Waals surface area (Å²) in [5.74, 6) is -0.873. The summed E-state index contributed by atoms with van der Waals surface area (Å²) in [5.41, 5.74) is 0.348. The van der Waals surface area contributed by atoms with Crippen molar-refractivity contribution in [2.45, 2.75) is 26.3 Å². The van der Waals surface area contributed by atoms with Crippen LogP contribution < -0.4 is 0 Å². The molecule has 1 aromatic rings. The van der Waals surface area contributed by atoms with Gasteiger partial charge in [-0.25, -0.2) is 4.79 Å². The summed E-state index contributed by atoms with van der Waals surface area (Å²) in [4.78, 5) is 10.8. The molecule has 0 aliphatic carbocycles. The van der Waals surface area contributed by atoms with Crippen molar-refractivity contribution in [1.82, 2.24) is 4.57 Å². The van der Waals surface area contributed by atoms with Crippen molar-refractivity contribution in [3.8, 4) is 0 Å². The van der Waals surface area contributed by atoms with Crippen LogP contribution in [0.25, 0.3) is 0 Å². The Hall–Kier alpha value is -0.770. The van der Waals surface area contributed by atoms with Gasteiger partial charge in [-0.2, -0.15) is 0 Å². The first-order valence-corrected chi connectivity index (χ1v) is 5.03. The number of hydrogen-bond acceptors (Lipinski definition) is 1. The summed E-state index contributed by atoms with van der Waals surface area (Å²) in [7, 11) is 0. The molecule has 1 aromatic heterocycles. The van der Waals surface area contributed by atoms with Gasteiger partial charge < -0.3 is 9.67 Å². The molecule has 0 radical (unpaired) electrons. The topological polar surface area (TPSA) is 42.2 Å². The number of unbranched alkanes of at least 4 members (excludes halogenated alkanes) is 1. The van der Waals surface area contributed by atoms with Crippen LogP contribution >= 0.6 is 15.9 Å². The standard InChI is InChI=1S/C9H12BrNO2/c1-2-3-4-11-6-7(10)5-8(11)9(12)13/h5-6H,2-4H2,1H3,(H,12,13). The molecule has 1 heterocycles. The van der Waals surface area contributed by atoms with E-state index in [0.717, 1.165) is 23.9 Å². The SMILES string of the molecule is CCCCn1cc(Br)cc1C(=O)O. The van der Waals surface area contributed by atoms with Crippen molar-refractivity contribution in [3.63, 3.8) is 0 Å². The molecule has 3 nitrogen and oxygen atoms in total. The number of aromatic nitrogens is 1. The summed E-state index contributed by atoms with van der Waals surface area (Å²) in [5, 5.41) is 8.84. The molecule has 0 aromatic carbocycles. The van der Waals surface area contributed by atoms with Crippen LogP contribution in [-0.2, 0) is 6.54 Å². The van der Waals surface area contributed by atoms with E-state index in [2.05, 4.69) is 22.9 Å². The maximum Gasteiger partial charge on any atom is 0.352 e. The maximum atomic E-state index is 10.8. The van der Waals surface area contributed by atoms with Crippen LogP contribution in [0.5, 0.6) is 0 Å². The molecule has 0 bridgehead atoms. The Morgan fingerprint density at radius 3 is 2.92 bits per heavy atom. The lowest BCUT2D eigenvalue weighted by atomic mass is 10.3. The number of carbonyl (C=O) groups is 1. The Balaban J connectivity index is 2.84. The Morgan fingerprint density at radius 1 is 1.69 bits per heavy atom. The van der Waals surface area contributed by atoms with Crippen molar-refractivity contribution in [2.75, 3.05) is 0 Å². The van der Waals surface area contributed by atoms with Crippen LogP contribution in [0.2, 0.25) is 0 Å². The van der Waals surface area contributed by atoms with Gasteiger partial charge in [-0.05, 0) is 28.4 Å². The minimum atomic E-state index is -0.873. The van der Waals surface area contributed by atoms with E-state index >= 15 is 0 Å². The largest absolute Gasteiger partial charge is 0.477 e. The maximum absolute atomic E-state index is 10.8. The van der Waals surface area contributed by atoms with Gasteiger partial charge in [0.05, 0.1) is 0 Å². The normalized spacial score (nSPS) is 10.3. The number of aryl methyl sites for hydroxylation is 1. The minimum Gasteiger partial charge on any atom is -0.477 e. The van der Waals surface area contributed by atoms with E-state index in [1.807, 2.05) is 0 Å². The second-order valence-corrected chi connectivity index (χ2v) is 3.81. The molecular formula is C9H12BrNO2. The molecule has 1 N–H and O–H groups in total. The van der Waals surface area contributed by atoms with Crippen LogP contribution in [-0.4, -0.2) is 15.6 Å². The average Bonchev–Trinajstić information content (AvgIpc) is 2.43. The molecule has 0 spiro atoms. The van der Waals surface area contributed by atoms with Gasteiger partial charge >= 0.3 is 5.97 Å². The summed E-state index contributed by atoms with van der Waals surface area (Å²) < 4.78 is 2.58. The Labute approximate surface area is 85.5 Å². The van der Waals surface area contributed by atoms with E-state index in [0.29, 0.717) is 5.69 Å². The van der Waals surface area contributed by atoms with E-state index < -0.39 is 5.97 Å². The van der Waals surface area contributed by atoms with E-state index in [4.69, 9.17) is 5.11 Å². The van der Waals surface area contributed by atoms with Crippen LogP contribution in [0.1, 0.15) is 30.3 Å². The van der Waals surface area contributed by atoms with Crippen molar-refractivity contribution in [1.29, 1.82) is 0 Å². The number of rotatable bonds is 4. The monoisotopic (exact) mass is 245 g/mol. The van der Waals surface area contributed by atoms with Gasteiger partial charge in [-0.3, -0.25) is 0 Å². The fraction of sp³-hybridized carbons (Fsp3) is 0.444. The molecule has 0 saturated heterocycles. The first-order chi connectivity index (χ1) is 6.15. The molecule has 0 aliphatic heterocycles. The zero-order valence-electron chi connectivity index (χ0n) is 7.46. The molecule has 0 fully saturated rings. The number of carboxylic acids is 1. The van der Waals surface area contributed by atoms with Crippen molar-refractivity contribution in [2.24, 2.45) is 0 Å². The third-order valence-electron chi connectivity index (χ3n) is 1.83. The molecule has 1 rings (SSSR count). The smallest absolute Gasteiger partial charge is 0.352 e. The highest BCUT2D eigenvalue weighted by atomic mass is 79.9. The van der Waals surface area contributed by atoms with Crippen molar-refractivity contribution in [3.05, 3.63) is 22.4 Å². The zero-order chi connectivity index (χ0) is 9.84. The van der Waals surface area contributed by atoms with Gasteiger partial charge in [0, 0.05) is 17.2 Å². The van der Waals surface area contributed by atoms with Gasteiger partial charge in [0.15, 0.2) is 0 Å². The van der Waals surface area contributed by atoms with Gasteiger partial charge in [0.1, 0.15) is 5.69 Å². The number of hydrogen-bond donors (Lipinski definition) is 1. The number of carboxylic acid groups (broad SMARTS) is 1. The van der Waals surface area contributed by atoms with Crippen molar-refractivity contribution >= 4 is 21.9 Å². The lowest BCUT2D eigenvalue weighted by Crippen LogP contribution is -2.07. The molecule has 4 heteroatoms. The van der Waals surface area contributed by atoms with Gasteiger partial charge in [-0.15, -0.1) is 0 Å². The highest BCUT2D eigenvalue weighted by Gasteiger charge is 2.10. The van der Waals surface area contributed by atoms with Crippen LogP contribution in [0.4, 0.5) is 0 Å². The number of halogens is 1. The van der Waals surface area contributed by atoms with Crippen LogP contribution in [0, 0.1) is 0 Å². The first-order valence-electron chi connectivity index (χ1n) is 4.24. The van der Waals surface area contributed by atoms with E-state index in [-0.39, 0.29) is 0 Å². The highest BCUT2D eigenvalue weighted by Crippen LogP contribution is 2.15. The first kappa shape index (κ1) is 10.3. The van der Waals surface area contributed by atoms with Gasteiger partial charge in [0.25, 0.3) is 0 Å². The Morgan fingerprint density at radius 2 is 2.38 bits per heavy atom. The number of aromatic carboxylic acids is 1. The lowest BCUT2D eigenvalue weighted by molar-refractivity contribution is 0.0685. The molecule has 0 saturated carbocycles. The highest BCUT2D eigenvalue weighted by molar-refractivity contribution is 9.10. The summed E-state index contributed by atoms with van der Waals surface area (Å²) in [6, 6.07) is 1.62. The summed E-state index contributed by atoms with van der Waals surface area (Å²) in [6.07, 6.45) is 3.87. The lowest BCUT2D eigenvalue weighted by Gasteiger charge is -2.03. The van der Waals surface area contributed by atoms with E-state index in [1.54, 1.807) is 16.8 Å². The predicted octanol–water partition coefficient (Wildman–Crippen LogP) is 2.75. The van der Waals surface area contributed by atoms with E-state index in [1.165, 1.54) is 0 Å². The Bertz CT molecular complexity index is 307. The molecule has 0 amide bonds. The molecule has 72 valence electrons. The van der Waals surface area contributed by atoms with Crippen molar-refractivity contribution < 1.29 is 9.90 Å². The molecule has 0 aliphatic rings. The average molecular weight is 246 g/mol. The zero-order valence-corrected chi connectivity index (χ0v) is 9.04. The molecule has 0 atom stereocenters. The molecule has 0 unspecified atom stereocenters.